The molecule has 4 heteroatoms. The van der Waals surface area contributed by atoms with Crippen molar-refractivity contribution in [1.29, 1.82) is 0 Å². The highest BCUT2D eigenvalue weighted by Gasteiger charge is 2.39. The van der Waals surface area contributed by atoms with Crippen LogP contribution in [0.4, 0.5) is 0 Å². The van der Waals surface area contributed by atoms with Gasteiger partial charge in [0.1, 0.15) is 11.1 Å². The number of hydrogen-bond acceptors (Lipinski definition) is 2. The lowest BCUT2D eigenvalue weighted by atomic mass is 9.78. The average molecular weight is 471 g/mol. The van der Waals surface area contributed by atoms with Crippen molar-refractivity contribution in [1.82, 2.24) is 0 Å². The number of fused-ring (bicyclic) bond motifs is 11. The lowest BCUT2D eigenvalue weighted by Gasteiger charge is -2.30. The average Bonchev–Trinajstić information content (AvgIpc) is 2.95. The van der Waals surface area contributed by atoms with Crippen molar-refractivity contribution < 1.29 is 13.6 Å². The fourth-order valence-electron chi connectivity index (χ4n) is 6.20. The second-order valence-electron chi connectivity index (χ2n) is 9.65. The van der Waals surface area contributed by atoms with Crippen molar-refractivity contribution in [3.05, 3.63) is 125 Å². The molecular weight excluding hydrogens is 444 g/mol. The Labute approximate surface area is 209 Å². The number of rotatable bonds is 0. The molecule has 5 heterocycles. The first kappa shape index (κ1) is 21.0. The lowest BCUT2D eigenvalue weighted by molar-refractivity contribution is -0.717. The van der Waals surface area contributed by atoms with E-state index in [-0.39, 0.29) is 11.7 Å². The summed E-state index contributed by atoms with van der Waals surface area (Å²) in [6.45, 7) is 0. The van der Waals surface area contributed by atoms with Gasteiger partial charge in [0.15, 0.2) is 24.6 Å². The van der Waals surface area contributed by atoms with E-state index in [2.05, 4.69) is 76.1 Å². The summed E-state index contributed by atoms with van der Waals surface area (Å²) >= 11 is 0. The maximum atomic E-state index is 13.4. The topological polar surface area (TPSA) is 38.0 Å². The molecule has 3 aromatic heterocycles. The quantitative estimate of drug-likeness (QED) is 0.210. The van der Waals surface area contributed by atoms with E-state index in [0.29, 0.717) is 17.1 Å². The molecule has 0 bridgehead atoms. The van der Waals surface area contributed by atoms with Gasteiger partial charge in [0.05, 0.1) is 0 Å². The van der Waals surface area contributed by atoms with Crippen LogP contribution < -0.4 is 14.8 Å². The normalized spacial score (nSPS) is 19.1. The van der Waals surface area contributed by atoms with E-state index < -0.39 is 0 Å². The highest BCUT2D eigenvalue weighted by molar-refractivity contribution is 5.86. The van der Waals surface area contributed by atoms with Crippen molar-refractivity contribution in [2.75, 3.05) is 0 Å². The fourth-order valence-corrected chi connectivity index (χ4v) is 6.20. The molecule has 0 amide bonds. The van der Waals surface area contributed by atoms with Crippen LogP contribution in [0.2, 0.25) is 0 Å². The van der Waals surface area contributed by atoms with Gasteiger partial charge in [-0.3, -0.25) is 0 Å². The van der Waals surface area contributed by atoms with Crippen molar-refractivity contribution in [2.24, 2.45) is 0 Å². The SMILES string of the molecule is O=c1oc2ccccc2c2c1-c1cccc[n+]1/C=C/CC1C(CC2)c2ccccc2-c2cccc[n+]21. The predicted molar refractivity (Wildman–Crippen MR) is 140 cm³/mol. The Morgan fingerprint density at radius 3 is 2.53 bits per heavy atom. The van der Waals surface area contributed by atoms with Gasteiger partial charge in [-0.1, -0.05) is 36.4 Å². The summed E-state index contributed by atoms with van der Waals surface area (Å²) in [7, 11) is 0. The van der Waals surface area contributed by atoms with Gasteiger partial charge < -0.3 is 4.42 Å². The van der Waals surface area contributed by atoms with Crippen LogP contribution in [0.3, 0.4) is 0 Å². The molecule has 7 rings (SSSR count). The summed E-state index contributed by atoms with van der Waals surface area (Å²) in [5.74, 6) is 0.316. The summed E-state index contributed by atoms with van der Waals surface area (Å²) in [6.07, 6.45) is 11.2. The van der Waals surface area contributed by atoms with Crippen LogP contribution >= 0.6 is 0 Å². The molecule has 2 aliphatic rings. The third kappa shape index (κ3) is 3.25. The maximum Gasteiger partial charge on any atom is 0.350 e. The summed E-state index contributed by atoms with van der Waals surface area (Å²) in [6, 6.07) is 29.5. The predicted octanol–water partition coefficient (Wildman–Crippen LogP) is 5.85. The molecule has 0 saturated carbocycles. The minimum atomic E-state index is -0.281. The molecule has 0 N–H and O–H groups in total. The molecule has 36 heavy (non-hydrogen) atoms. The molecule has 0 fully saturated rings. The Balaban J connectivity index is 1.49. The Bertz CT molecular complexity index is 1720. The first-order chi connectivity index (χ1) is 17.8. The molecule has 2 aliphatic heterocycles. The van der Waals surface area contributed by atoms with Crippen LogP contribution in [0.25, 0.3) is 39.7 Å². The number of pyridine rings is 2. The van der Waals surface area contributed by atoms with Crippen LogP contribution in [0, 0.1) is 0 Å². The van der Waals surface area contributed by atoms with Gasteiger partial charge in [0.25, 0.3) is 0 Å². The van der Waals surface area contributed by atoms with Crippen molar-refractivity contribution in [3.8, 4) is 22.5 Å². The zero-order chi connectivity index (χ0) is 24.1. The van der Waals surface area contributed by atoms with E-state index in [9.17, 15) is 4.79 Å². The van der Waals surface area contributed by atoms with Gasteiger partial charge >= 0.3 is 5.63 Å². The van der Waals surface area contributed by atoms with E-state index in [0.717, 1.165) is 35.9 Å². The standard InChI is InChI=1S/C32H26N2O2/c35-32-31-26(25-12-3-4-16-30(25)36-32)18-17-24-22-10-1-2-11-23(22)27-13-6-8-21-34(27)28(24)15-9-20-33-19-7-5-14-29(31)33/h1-14,16,19-21,24,28H,15,17-18H2/q+2/b20-9+. The number of hydrogen-bond donors (Lipinski definition) is 0. The fraction of sp³-hybridized carbons (Fsp3) is 0.156. The van der Waals surface area contributed by atoms with Gasteiger partial charge in [-0.15, -0.1) is 0 Å². The summed E-state index contributed by atoms with van der Waals surface area (Å²) in [5.41, 5.74) is 6.91. The summed E-state index contributed by atoms with van der Waals surface area (Å²) in [5, 5.41) is 1.01. The van der Waals surface area contributed by atoms with Crippen LogP contribution in [0.15, 0.2) is 113 Å². The van der Waals surface area contributed by atoms with Crippen LogP contribution in [0.5, 0.6) is 0 Å². The van der Waals surface area contributed by atoms with Crippen LogP contribution in [-0.4, -0.2) is 0 Å². The minimum absolute atomic E-state index is 0.281. The van der Waals surface area contributed by atoms with Gasteiger partial charge in [-0.05, 0) is 54.3 Å². The number of benzene rings is 2. The summed E-state index contributed by atoms with van der Waals surface area (Å²) < 4.78 is 10.3. The van der Waals surface area contributed by atoms with Crippen LogP contribution in [0.1, 0.15) is 35.9 Å². The Morgan fingerprint density at radius 1 is 0.806 bits per heavy atom. The van der Waals surface area contributed by atoms with E-state index in [4.69, 9.17) is 4.42 Å². The Kier molecular flexibility index (Phi) is 4.91. The highest BCUT2D eigenvalue weighted by Crippen LogP contribution is 2.43. The van der Waals surface area contributed by atoms with Crippen molar-refractivity contribution in [3.63, 3.8) is 0 Å². The Morgan fingerprint density at radius 2 is 1.58 bits per heavy atom. The molecule has 2 aromatic carbocycles. The largest absolute Gasteiger partial charge is 0.422 e. The first-order valence-corrected chi connectivity index (χ1v) is 12.6. The molecular formula is C32H26N2O2+2. The second kappa shape index (κ2) is 8.42. The molecule has 2 unspecified atom stereocenters. The number of aryl methyl sites for hydroxylation is 1. The van der Waals surface area contributed by atoms with Crippen molar-refractivity contribution in [2.45, 2.75) is 31.2 Å². The van der Waals surface area contributed by atoms with E-state index in [1.54, 1.807) is 0 Å². The van der Waals surface area contributed by atoms with Crippen molar-refractivity contribution >= 4 is 17.2 Å². The first-order valence-electron chi connectivity index (χ1n) is 12.6. The molecule has 0 radical (unpaired) electrons. The van der Waals surface area contributed by atoms with Crippen LogP contribution in [-0.2, 0) is 6.42 Å². The monoisotopic (exact) mass is 470 g/mol. The van der Waals surface area contributed by atoms with Gasteiger partial charge in [0.2, 0.25) is 11.4 Å². The van der Waals surface area contributed by atoms with Gasteiger partial charge in [0, 0.05) is 47.6 Å². The smallest absolute Gasteiger partial charge is 0.350 e. The summed E-state index contributed by atoms with van der Waals surface area (Å²) in [4.78, 5) is 13.4. The van der Waals surface area contributed by atoms with E-state index >= 15 is 0 Å². The molecule has 0 aliphatic carbocycles. The maximum absolute atomic E-state index is 13.4. The molecule has 174 valence electrons. The van der Waals surface area contributed by atoms with Gasteiger partial charge in [-0.25, -0.2) is 4.79 Å². The number of aromatic nitrogens is 2. The molecule has 0 saturated heterocycles. The molecule has 5 aromatic rings. The van der Waals surface area contributed by atoms with E-state index in [1.807, 2.05) is 42.6 Å². The number of allylic oxidation sites excluding steroid dienone is 1. The van der Waals surface area contributed by atoms with E-state index in [1.165, 1.54) is 16.8 Å². The third-order valence-electron chi connectivity index (χ3n) is 7.76. The zero-order valence-corrected chi connectivity index (χ0v) is 19.9. The Hall–Kier alpha value is -4.31. The minimum Gasteiger partial charge on any atom is -0.422 e. The second-order valence-corrected chi connectivity index (χ2v) is 9.65. The molecule has 0 spiro atoms. The number of para-hydroxylation sites is 1. The molecule has 2 atom stereocenters. The molecule has 4 nitrogen and oxygen atoms in total. The number of nitrogens with zero attached hydrogens (tertiary/aromatic N) is 2. The lowest BCUT2D eigenvalue weighted by Crippen LogP contribution is -2.47. The van der Waals surface area contributed by atoms with Gasteiger partial charge in [-0.2, -0.15) is 9.13 Å². The third-order valence-corrected chi connectivity index (χ3v) is 7.76. The highest BCUT2D eigenvalue weighted by atomic mass is 16.4. The zero-order valence-electron chi connectivity index (χ0n) is 19.9.